The smallest absolute Gasteiger partial charge is 0.549 e. The molecular weight excluding hydrogens is 207 g/mol. The fourth-order valence-corrected chi connectivity index (χ4v) is 1.26. The quantitative estimate of drug-likeness (QED) is 0.389. The number of alkyl halides is 1. The van der Waals surface area contributed by atoms with Crippen LogP contribution in [0.4, 0.5) is 0 Å². The Kier molecular flexibility index (Phi) is 9.00. The van der Waals surface area contributed by atoms with Gasteiger partial charge in [0.05, 0.1) is 10.8 Å². The van der Waals surface area contributed by atoms with Gasteiger partial charge in [-0.25, -0.2) is 0 Å². The summed E-state index contributed by atoms with van der Waals surface area (Å²) in [7, 11) is 0. The van der Waals surface area contributed by atoms with Crippen molar-refractivity contribution in [1.82, 2.24) is 0 Å². The first-order chi connectivity index (χ1) is 4.04. The molecule has 10 heavy (non-hydrogen) atoms. The van der Waals surface area contributed by atoms with Crippen LogP contribution in [0, 0.1) is 5.92 Å². The van der Waals surface area contributed by atoms with Gasteiger partial charge in [0.15, 0.2) is 0 Å². The largest absolute Gasteiger partial charge is 1.00 e. The molecule has 0 unspecified atom stereocenters. The van der Waals surface area contributed by atoms with E-state index in [2.05, 4.69) is 15.9 Å². The van der Waals surface area contributed by atoms with Crippen LogP contribution >= 0.6 is 15.9 Å². The van der Waals surface area contributed by atoms with E-state index in [1.165, 1.54) is 0 Å². The summed E-state index contributed by atoms with van der Waals surface area (Å²) in [5, 5.41) is 10.1. The van der Waals surface area contributed by atoms with Gasteiger partial charge < -0.3 is 9.90 Å². The van der Waals surface area contributed by atoms with Gasteiger partial charge in [-0.15, -0.1) is 0 Å². The van der Waals surface area contributed by atoms with Crippen LogP contribution in [0.3, 0.4) is 0 Å². The zero-order valence-electron chi connectivity index (χ0n) is 6.56. The van der Waals surface area contributed by atoms with Gasteiger partial charge in [-0.1, -0.05) is 29.8 Å². The van der Waals surface area contributed by atoms with Crippen molar-refractivity contribution in [3.8, 4) is 0 Å². The molecule has 0 aromatic rings. The van der Waals surface area contributed by atoms with Gasteiger partial charge in [-0.05, 0) is 12.3 Å². The third-order valence-corrected chi connectivity index (χ3v) is 1.68. The number of carbonyl (C=O) groups excluding carboxylic acids is 1. The number of carboxylic acids is 1. The molecule has 0 aromatic carbocycles. The monoisotopic (exact) mass is 216 g/mol. The van der Waals surface area contributed by atoms with E-state index < -0.39 is 10.8 Å². The molecule has 0 saturated heterocycles. The minimum absolute atomic E-state index is 0. The normalized spacial score (nSPS) is 12.4. The Bertz CT molecular complexity index is 106. The van der Waals surface area contributed by atoms with E-state index in [-0.39, 0.29) is 29.6 Å². The van der Waals surface area contributed by atoms with Gasteiger partial charge in [-0.3, -0.25) is 0 Å². The van der Waals surface area contributed by atoms with E-state index >= 15 is 0 Å². The number of carboxylic acid groups (broad SMARTS) is 1. The molecule has 0 spiro atoms. The molecule has 1 atom stereocenters. The minimum atomic E-state index is -1.02. The van der Waals surface area contributed by atoms with E-state index in [4.69, 9.17) is 0 Å². The van der Waals surface area contributed by atoms with Gasteiger partial charge in [-0.2, -0.15) is 0 Å². The van der Waals surface area contributed by atoms with E-state index in [1.807, 2.05) is 13.8 Å². The summed E-state index contributed by atoms with van der Waals surface area (Å²) in [5.74, 6) is -0.629. The predicted molar refractivity (Wildman–Crippen MR) is 37.2 cm³/mol. The molecule has 0 amide bonds. The molecule has 0 radical (unpaired) electrons. The molecule has 2 nitrogen and oxygen atoms in total. The van der Waals surface area contributed by atoms with Crippen molar-refractivity contribution >= 4 is 21.9 Å². The van der Waals surface area contributed by atoms with Crippen LogP contribution in [0.2, 0.25) is 0 Å². The summed E-state index contributed by atoms with van der Waals surface area (Å²) >= 11 is 2.98. The van der Waals surface area contributed by atoms with Crippen LogP contribution in [0.15, 0.2) is 0 Å². The van der Waals surface area contributed by atoms with Gasteiger partial charge in [0.25, 0.3) is 0 Å². The molecule has 0 aliphatic carbocycles. The molecule has 0 N–H and O–H groups in total. The number of hydrogen-bond donors (Lipinski definition) is 0. The van der Waals surface area contributed by atoms with Crippen molar-refractivity contribution in [1.29, 1.82) is 0 Å². The summed E-state index contributed by atoms with van der Waals surface area (Å²) in [6.45, 7) is 3.94. The van der Waals surface area contributed by atoms with Gasteiger partial charge in [0, 0.05) is 0 Å². The van der Waals surface area contributed by atoms with Gasteiger partial charge >= 0.3 is 29.6 Å². The second-order valence-electron chi connectivity index (χ2n) is 2.42. The van der Waals surface area contributed by atoms with Crippen molar-refractivity contribution in [2.45, 2.75) is 25.1 Å². The summed E-state index contributed by atoms with van der Waals surface area (Å²) < 4.78 is 0. The second kappa shape index (κ2) is 6.65. The van der Waals surface area contributed by atoms with E-state index in [9.17, 15) is 9.90 Å². The minimum Gasteiger partial charge on any atom is -0.549 e. The van der Waals surface area contributed by atoms with Crippen molar-refractivity contribution in [2.75, 3.05) is 0 Å². The first kappa shape index (κ1) is 13.5. The molecule has 0 aromatic heterocycles. The molecule has 0 aliphatic heterocycles. The zero-order valence-corrected chi connectivity index (χ0v) is 10.1. The number of aliphatic carboxylic acids is 1. The van der Waals surface area contributed by atoms with Crippen molar-refractivity contribution < 1.29 is 39.5 Å². The Morgan fingerprint density at radius 3 is 2.10 bits per heavy atom. The summed E-state index contributed by atoms with van der Waals surface area (Å²) in [6, 6.07) is 0. The molecule has 0 heterocycles. The molecule has 4 heteroatoms. The van der Waals surface area contributed by atoms with Crippen LogP contribution in [-0.2, 0) is 4.79 Å². The molecule has 0 saturated carbocycles. The van der Waals surface area contributed by atoms with E-state index in [0.29, 0.717) is 12.3 Å². The van der Waals surface area contributed by atoms with E-state index in [1.54, 1.807) is 0 Å². The zero-order chi connectivity index (χ0) is 7.44. The maximum absolute atomic E-state index is 10.1. The fraction of sp³-hybridized carbons (Fsp3) is 0.833. The van der Waals surface area contributed by atoms with Gasteiger partial charge in [0.1, 0.15) is 0 Å². The number of rotatable bonds is 3. The van der Waals surface area contributed by atoms with Crippen LogP contribution in [0.25, 0.3) is 0 Å². The SMILES string of the molecule is CC(C)C[C@H](Br)C(=O)[O-].[Na+]. The second-order valence-corrected chi connectivity index (χ2v) is 3.52. The van der Waals surface area contributed by atoms with E-state index in [0.717, 1.165) is 0 Å². The Morgan fingerprint density at radius 1 is 1.60 bits per heavy atom. The Balaban J connectivity index is 0. The molecule has 0 rings (SSSR count). The standard InChI is InChI=1S/C6H11BrO2.Na/c1-4(2)3-5(7)6(8)9;/h4-5H,3H2,1-2H3,(H,8,9);/q;+1/p-1/t5-;/m0./s1. The Morgan fingerprint density at radius 2 is 2.00 bits per heavy atom. The van der Waals surface area contributed by atoms with Crippen LogP contribution in [0.1, 0.15) is 20.3 Å². The number of carbonyl (C=O) groups is 1. The summed E-state index contributed by atoms with van der Waals surface area (Å²) in [5.41, 5.74) is 0. The van der Waals surface area contributed by atoms with Crippen LogP contribution < -0.4 is 34.7 Å². The number of halogens is 1. The maximum Gasteiger partial charge on any atom is 1.00 e. The first-order valence-corrected chi connectivity index (χ1v) is 3.80. The van der Waals surface area contributed by atoms with Crippen molar-refractivity contribution in [2.24, 2.45) is 5.92 Å². The average Bonchev–Trinajstić information content (AvgIpc) is 1.63. The predicted octanol–water partition coefficient (Wildman–Crippen LogP) is -2.45. The maximum atomic E-state index is 10.1. The molecule has 0 fully saturated rings. The fourth-order valence-electron chi connectivity index (χ4n) is 0.510. The average molecular weight is 217 g/mol. The van der Waals surface area contributed by atoms with Crippen molar-refractivity contribution in [3.63, 3.8) is 0 Å². The molecule has 54 valence electrons. The third-order valence-electron chi connectivity index (χ3n) is 0.934. The molecular formula is C6H10BrNaO2. The molecule has 0 aliphatic rings. The summed E-state index contributed by atoms with van der Waals surface area (Å²) in [4.78, 5) is 9.59. The van der Waals surface area contributed by atoms with Crippen LogP contribution in [-0.4, -0.2) is 10.8 Å². The molecule has 0 bridgehead atoms. The third kappa shape index (κ3) is 7.06. The van der Waals surface area contributed by atoms with Crippen molar-refractivity contribution in [3.05, 3.63) is 0 Å². The van der Waals surface area contributed by atoms with Crippen LogP contribution in [0.5, 0.6) is 0 Å². The first-order valence-electron chi connectivity index (χ1n) is 2.89. The number of hydrogen-bond acceptors (Lipinski definition) is 2. The summed E-state index contributed by atoms with van der Waals surface area (Å²) in [6.07, 6.45) is 0.627. The topological polar surface area (TPSA) is 40.1 Å². The Hall–Kier alpha value is 0.950. The Labute approximate surface area is 91.8 Å². The van der Waals surface area contributed by atoms with Gasteiger partial charge in [0.2, 0.25) is 0 Å².